The molecule has 0 aliphatic carbocycles. The van der Waals surface area contributed by atoms with Gasteiger partial charge in [-0.3, -0.25) is 14.5 Å². The highest BCUT2D eigenvalue weighted by molar-refractivity contribution is 6.55. The van der Waals surface area contributed by atoms with Crippen molar-refractivity contribution in [1.82, 2.24) is 0 Å². The predicted molar refractivity (Wildman–Crippen MR) is 113 cm³/mol. The first kappa shape index (κ1) is 18.4. The topological polar surface area (TPSA) is 71.0 Å². The minimum Gasteiger partial charge on any atom is -0.497 e. The minimum atomic E-state index is -0.303. The fourth-order valence-electron chi connectivity index (χ4n) is 3.20. The summed E-state index contributed by atoms with van der Waals surface area (Å²) in [5.41, 5.74) is 3.02. The van der Waals surface area contributed by atoms with Gasteiger partial charge in [-0.15, -0.1) is 0 Å². The van der Waals surface area contributed by atoms with E-state index in [-0.39, 0.29) is 18.4 Å². The van der Waals surface area contributed by atoms with Gasteiger partial charge in [0.2, 0.25) is 5.91 Å². The van der Waals surface area contributed by atoms with Crippen LogP contribution >= 0.6 is 0 Å². The van der Waals surface area contributed by atoms with Gasteiger partial charge < -0.3 is 10.1 Å². The van der Waals surface area contributed by atoms with Crippen LogP contribution in [0.1, 0.15) is 5.56 Å². The number of carbonyl (C=O) groups is 2. The molecule has 0 radical (unpaired) electrons. The second-order valence-electron chi connectivity index (χ2n) is 6.48. The Hall–Kier alpha value is -3.93. The van der Waals surface area contributed by atoms with Gasteiger partial charge in [0.25, 0.3) is 5.91 Å². The van der Waals surface area contributed by atoms with Gasteiger partial charge in [-0.1, -0.05) is 42.5 Å². The van der Waals surface area contributed by atoms with Crippen molar-refractivity contribution in [2.24, 2.45) is 4.99 Å². The maximum absolute atomic E-state index is 13.1. The van der Waals surface area contributed by atoms with Gasteiger partial charge in [-0.2, -0.15) is 0 Å². The van der Waals surface area contributed by atoms with Crippen molar-refractivity contribution in [1.29, 1.82) is 0 Å². The molecule has 1 N–H and O–H groups in total. The standard InChI is InChI=1S/C23H19N3O3/c1-29-18-11-7-10-17(14-18)24-21(27)15-26-20-13-6-5-12-19(20)22(23(26)28)25-16-8-3-2-4-9-16/h2-14H,15H2,1H3,(H,24,27). The Labute approximate surface area is 168 Å². The van der Waals surface area contributed by atoms with Crippen LogP contribution in [-0.2, 0) is 9.59 Å². The first-order chi connectivity index (χ1) is 14.2. The van der Waals surface area contributed by atoms with E-state index in [0.717, 1.165) is 5.56 Å². The molecule has 1 heterocycles. The van der Waals surface area contributed by atoms with Crippen molar-refractivity contribution in [3.63, 3.8) is 0 Å². The SMILES string of the molecule is COc1cccc(NC(=O)CN2C(=O)C(=Nc3ccccc3)c3ccccc32)c1. The molecular weight excluding hydrogens is 366 g/mol. The number of ether oxygens (including phenoxy) is 1. The number of fused-ring (bicyclic) bond motifs is 1. The van der Waals surface area contributed by atoms with Gasteiger partial charge in [0.05, 0.1) is 18.5 Å². The predicted octanol–water partition coefficient (Wildman–Crippen LogP) is 3.80. The number of nitrogens with one attached hydrogen (secondary N) is 1. The van der Waals surface area contributed by atoms with Crippen LogP contribution in [-0.4, -0.2) is 31.2 Å². The maximum atomic E-state index is 13.1. The molecule has 1 aliphatic rings. The van der Waals surface area contributed by atoms with Gasteiger partial charge in [-0.25, -0.2) is 4.99 Å². The summed E-state index contributed by atoms with van der Waals surface area (Å²) in [6.07, 6.45) is 0. The third-order valence-electron chi connectivity index (χ3n) is 4.55. The highest BCUT2D eigenvalue weighted by atomic mass is 16.5. The van der Waals surface area contributed by atoms with E-state index in [1.807, 2.05) is 54.6 Å². The van der Waals surface area contributed by atoms with Crippen LogP contribution in [0.15, 0.2) is 83.9 Å². The molecular formula is C23H19N3O3. The molecule has 0 spiro atoms. The van der Waals surface area contributed by atoms with Gasteiger partial charge in [-0.05, 0) is 30.3 Å². The lowest BCUT2D eigenvalue weighted by Gasteiger charge is -2.16. The van der Waals surface area contributed by atoms with Crippen LogP contribution in [0.5, 0.6) is 5.75 Å². The minimum absolute atomic E-state index is 0.110. The number of para-hydroxylation sites is 2. The molecule has 1 aliphatic heterocycles. The smallest absolute Gasteiger partial charge is 0.278 e. The van der Waals surface area contributed by atoms with Gasteiger partial charge >= 0.3 is 0 Å². The molecule has 3 aromatic rings. The zero-order valence-corrected chi connectivity index (χ0v) is 15.8. The summed E-state index contributed by atoms with van der Waals surface area (Å²) in [6.45, 7) is -0.110. The van der Waals surface area contributed by atoms with Crippen LogP contribution in [0.25, 0.3) is 0 Å². The summed E-state index contributed by atoms with van der Waals surface area (Å²) < 4.78 is 5.17. The number of nitrogens with zero attached hydrogens (tertiary/aromatic N) is 2. The van der Waals surface area contributed by atoms with Crippen LogP contribution in [0.3, 0.4) is 0 Å². The average molecular weight is 385 g/mol. The van der Waals surface area contributed by atoms with E-state index in [1.54, 1.807) is 31.4 Å². The van der Waals surface area contributed by atoms with Gasteiger partial charge in [0, 0.05) is 17.3 Å². The Bertz CT molecular complexity index is 1090. The first-order valence-corrected chi connectivity index (χ1v) is 9.14. The van der Waals surface area contributed by atoms with E-state index in [9.17, 15) is 9.59 Å². The lowest BCUT2D eigenvalue weighted by molar-refractivity contribution is -0.118. The molecule has 0 fully saturated rings. The molecule has 0 saturated carbocycles. The summed E-state index contributed by atoms with van der Waals surface area (Å²) in [7, 11) is 1.56. The van der Waals surface area contributed by atoms with E-state index in [4.69, 9.17) is 4.74 Å². The van der Waals surface area contributed by atoms with Crippen LogP contribution in [0.4, 0.5) is 17.1 Å². The number of rotatable bonds is 5. The molecule has 144 valence electrons. The fraction of sp³-hybridized carbons (Fsp3) is 0.0870. The van der Waals surface area contributed by atoms with Crippen molar-refractivity contribution in [2.45, 2.75) is 0 Å². The van der Waals surface area contributed by atoms with Crippen LogP contribution in [0.2, 0.25) is 0 Å². The third kappa shape index (κ3) is 3.87. The van der Waals surface area contributed by atoms with Crippen molar-refractivity contribution < 1.29 is 14.3 Å². The summed E-state index contributed by atoms with van der Waals surface area (Å²) in [5, 5.41) is 2.81. The molecule has 0 aromatic heterocycles. The van der Waals surface area contributed by atoms with Crippen molar-refractivity contribution >= 4 is 34.6 Å². The molecule has 6 heteroatoms. The zero-order valence-electron chi connectivity index (χ0n) is 15.8. The van der Waals surface area contributed by atoms with Crippen molar-refractivity contribution in [2.75, 3.05) is 23.9 Å². The quantitative estimate of drug-likeness (QED) is 0.726. The fourth-order valence-corrected chi connectivity index (χ4v) is 3.20. The molecule has 0 saturated heterocycles. The Balaban J connectivity index is 1.58. The Morgan fingerprint density at radius 3 is 2.55 bits per heavy atom. The molecule has 6 nitrogen and oxygen atoms in total. The number of aliphatic imine (C=N–C) groups is 1. The molecule has 29 heavy (non-hydrogen) atoms. The Morgan fingerprint density at radius 2 is 1.76 bits per heavy atom. The number of methoxy groups -OCH3 is 1. The monoisotopic (exact) mass is 385 g/mol. The number of hydrogen-bond donors (Lipinski definition) is 1. The second kappa shape index (κ2) is 7.98. The lowest BCUT2D eigenvalue weighted by Crippen LogP contribution is -2.37. The first-order valence-electron chi connectivity index (χ1n) is 9.14. The molecule has 0 bridgehead atoms. The highest BCUT2D eigenvalue weighted by Gasteiger charge is 2.34. The summed E-state index contributed by atoms with van der Waals surface area (Å²) in [5.74, 6) is 0.0425. The maximum Gasteiger partial charge on any atom is 0.278 e. The number of hydrogen-bond acceptors (Lipinski definition) is 4. The van der Waals surface area contributed by atoms with Crippen LogP contribution in [0, 0.1) is 0 Å². The third-order valence-corrected chi connectivity index (χ3v) is 4.55. The number of amides is 2. The number of anilines is 2. The summed E-state index contributed by atoms with van der Waals surface area (Å²) in [4.78, 5) is 31.6. The number of carbonyl (C=O) groups excluding carboxylic acids is 2. The van der Waals surface area contributed by atoms with Crippen molar-refractivity contribution in [3.05, 3.63) is 84.4 Å². The Morgan fingerprint density at radius 1 is 1.00 bits per heavy atom. The normalized spacial score (nSPS) is 14.0. The molecule has 0 unspecified atom stereocenters. The Kier molecular flexibility index (Phi) is 5.07. The van der Waals surface area contributed by atoms with E-state index in [1.165, 1.54) is 4.90 Å². The van der Waals surface area contributed by atoms with Gasteiger partial charge in [0.1, 0.15) is 18.0 Å². The molecule has 4 rings (SSSR count). The van der Waals surface area contributed by atoms with E-state index in [0.29, 0.717) is 28.5 Å². The van der Waals surface area contributed by atoms with Crippen LogP contribution < -0.4 is 15.0 Å². The summed E-state index contributed by atoms with van der Waals surface area (Å²) >= 11 is 0. The molecule has 2 amide bonds. The second-order valence-corrected chi connectivity index (χ2v) is 6.48. The largest absolute Gasteiger partial charge is 0.497 e. The zero-order chi connectivity index (χ0) is 20.2. The number of benzene rings is 3. The van der Waals surface area contributed by atoms with Crippen molar-refractivity contribution in [3.8, 4) is 5.75 Å². The molecule has 0 atom stereocenters. The highest BCUT2D eigenvalue weighted by Crippen LogP contribution is 2.30. The molecule has 3 aromatic carbocycles. The lowest BCUT2D eigenvalue weighted by atomic mass is 10.1. The van der Waals surface area contributed by atoms with Gasteiger partial charge in [0.15, 0.2) is 0 Å². The van der Waals surface area contributed by atoms with E-state index < -0.39 is 0 Å². The van der Waals surface area contributed by atoms with E-state index >= 15 is 0 Å². The summed E-state index contributed by atoms with van der Waals surface area (Å²) in [6, 6.07) is 23.7. The van der Waals surface area contributed by atoms with E-state index in [2.05, 4.69) is 10.3 Å². The average Bonchev–Trinajstić information content (AvgIpc) is 3.00.